The topological polar surface area (TPSA) is 26.3 Å². The van der Waals surface area contributed by atoms with E-state index in [1.54, 1.807) is 13.2 Å². The standard InChI is InChI=1S/C14H17FO2/c1-17-13-9-10(5-4-8-16)14(15)12-7-3-2-6-11(12)13/h8-9H,2-7H2,1H3. The smallest absolute Gasteiger partial charge is 0.130 e. The summed E-state index contributed by atoms with van der Waals surface area (Å²) in [5.41, 5.74) is 2.43. The van der Waals surface area contributed by atoms with Gasteiger partial charge in [0.15, 0.2) is 0 Å². The summed E-state index contributed by atoms with van der Waals surface area (Å²) in [5, 5.41) is 0. The normalized spacial score (nSPS) is 14.2. The molecular formula is C14H17FO2. The van der Waals surface area contributed by atoms with Crippen LogP contribution in [0.5, 0.6) is 5.75 Å². The molecule has 0 amide bonds. The number of aldehydes is 1. The van der Waals surface area contributed by atoms with Gasteiger partial charge in [0.2, 0.25) is 0 Å². The van der Waals surface area contributed by atoms with Crippen molar-refractivity contribution in [1.29, 1.82) is 0 Å². The predicted molar refractivity (Wildman–Crippen MR) is 64.0 cm³/mol. The predicted octanol–water partition coefficient (Wildman–Crippen LogP) is 2.84. The zero-order valence-corrected chi connectivity index (χ0v) is 10.1. The molecule has 0 aromatic heterocycles. The third kappa shape index (κ3) is 2.33. The Labute approximate surface area is 101 Å². The Kier molecular flexibility index (Phi) is 3.77. The SMILES string of the molecule is COc1cc(CCC=O)c(F)c2c1CCCC2. The number of carbonyl (C=O) groups is 1. The van der Waals surface area contributed by atoms with E-state index in [4.69, 9.17) is 4.74 Å². The van der Waals surface area contributed by atoms with Gasteiger partial charge in [-0.25, -0.2) is 4.39 Å². The van der Waals surface area contributed by atoms with Crippen LogP contribution < -0.4 is 4.74 Å². The van der Waals surface area contributed by atoms with E-state index >= 15 is 0 Å². The Morgan fingerprint density at radius 3 is 2.71 bits per heavy atom. The zero-order valence-electron chi connectivity index (χ0n) is 10.1. The van der Waals surface area contributed by atoms with E-state index in [0.717, 1.165) is 48.8 Å². The minimum Gasteiger partial charge on any atom is -0.496 e. The summed E-state index contributed by atoms with van der Waals surface area (Å²) in [6.45, 7) is 0. The summed E-state index contributed by atoms with van der Waals surface area (Å²) >= 11 is 0. The van der Waals surface area contributed by atoms with E-state index in [2.05, 4.69) is 0 Å². The van der Waals surface area contributed by atoms with Gasteiger partial charge in [0.25, 0.3) is 0 Å². The molecule has 0 spiro atoms. The van der Waals surface area contributed by atoms with Crippen LogP contribution in [0.15, 0.2) is 6.07 Å². The van der Waals surface area contributed by atoms with E-state index in [1.165, 1.54) is 0 Å². The molecule has 17 heavy (non-hydrogen) atoms. The molecule has 0 saturated heterocycles. The lowest BCUT2D eigenvalue weighted by Gasteiger charge is -2.21. The highest BCUT2D eigenvalue weighted by molar-refractivity contribution is 5.52. The van der Waals surface area contributed by atoms with Crippen LogP contribution >= 0.6 is 0 Å². The van der Waals surface area contributed by atoms with E-state index in [1.807, 2.05) is 0 Å². The van der Waals surface area contributed by atoms with Crippen molar-refractivity contribution < 1.29 is 13.9 Å². The fraction of sp³-hybridized carbons (Fsp3) is 0.500. The quantitative estimate of drug-likeness (QED) is 0.751. The van der Waals surface area contributed by atoms with Gasteiger partial charge in [0, 0.05) is 12.0 Å². The number of aryl methyl sites for hydroxylation is 1. The number of benzene rings is 1. The number of halogens is 1. The number of ether oxygens (including phenoxy) is 1. The molecule has 0 heterocycles. The molecule has 0 aliphatic heterocycles. The molecule has 0 bridgehead atoms. The molecule has 0 unspecified atom stereocenters. The average molecular weight is 236 g/mol. The van der Waals surface area contributed by atoms with Gasteiger partial charge in [-0.2, -0.15) is 0 Å². The van der Waals surface area contributed by atoms with Crippen LogP contribution in [-0.2, 0) is 24.1 Å². The van der Waals surface area contributed by atoms with Crippen molar-refractivity contribution in [2.75, 3.05) is 7.11 Å². The first-order valence-corrected chi connectivity index (χ1v) is 6.08. The lowest BCUT2D eigenvalue weighted by Crippen LogP contribution is -2.10. The molecule has 1 aliphatic rings. The third-order valence-corrected chi connectivity index (χ3v) is 3.37. The first-order chi connectivity index (χ1) is 8.27. The maximum Gasteiger partial charge on any atom is 0.130 e. The maximum atomic E-state index is 14.2. The van der Waals surface area contributed by atoms with Gasteiger partial charge in [-0.3, -0.25) is 0 Å². The molecule has 2 nitrogen and oxygen atoms in total. The fourth-order valence-electron chi connectivity index (χ4n) is 2.50. The summed E-state index contributed by atoms with van der Waals surface area (Å²) in [6, 6.07) is 1.75. The van der Waals surface area contributed by atoms with Gasteiger partial charge in [-0.05, 0) is 49.3 Å². The highest BCUT2D eigenvalue weighted by Crippen LogP contribution is 2.34. The van der Waals surface area contributed by atoms with Gasteiger partial charge in [0.1, 0.15) is 17.9 Å². The first-order valence-electron chi connectivity index (χ1n) is 6.08. The number of hydrogen-bond donors (Lipinski definition) is 0. The Morgan fingerprint density at radius 2 is 2.06 bits per heavy atom. The number of fused-ring (bicyclic) bond motifs is 1. The first kappa shape index (κ1) is 12.1. The van der Waals surface area contributed by atoms with Gasteiger partial charge < -0.3 is 9.53 Å². The molecule has 0 fully saturated rings. The molecule has 0 atom stereocenters. The average Bonchev–Trinajstić information content (AvgIpc) is 2.38. The van der Waals surface area contributed by atoms with Crippen molar-refractivity contribution in [3.63, 3.8) is 0 Å². The van der Waals surface area contributed by atoms with Crippen molar-refractivity contribution in [2.24, 2.45) is 0 Å². The zero-order chi connectivity index (χ0) is 12.3. The van der Waals surface area contributed by atoms with E-state index in [0.29, 0.717) is 18.4 Å². The molecule has 0 radical (unpaired) electrons. The largest absolute Gasteiger partial charge is 0.496 e. The highest BCUT2D eigenvalue weighted by Gasteiger charge is 2.20. The molecule has 1 aliphatic carbocycles. The van der Waals surface area contributed by atoms with Crippen LogP contribution in [0.4, 0.5) is 4.39 Å². The summed E-state index contributed by atoms with van der Waals surface area (Å²) in [4.78, 5) is 10.4. The van der Waals surface area contributed by atoms with Crippen molar-refractivity contribution >= 4 is 6.29 Å². The van der Waals surface area contributed by atoms with Crippen molar-refractivity contribution in [3.8, 4) is 5.75 Å². The number of hydrogen-bond acceptors (Lipinski definition) is 2. The molecule has 0 saturated carbocycles. The monoisotopic (exact) mass is 236 g/mol. The lowest BCUT2D eigenvalue weighted by atomic mass is 9.88. The highest BCUT2D eigenvalue weighted by atomic mass is 19.1. The van der Waals surface area contributed by atoms with Crippen LogP contribution in [0.3, 0.4) is 0 Å². The number of carbonyl (C=O) groups excluding carboxylic acids is 1. The van der Waals surface area contributed by atoms with Crippen LogP contribution in [0.25, 0.3) is 0 Å². The van der Waals surface area contributed by atoms with Crippen molar-refractivity contribution in [1.82, 2.24) is 0 Å². The second-order valence-electron chi connectivity index (χ2n) is 4.42. The second kappa shape index (κ2) is 5.30. The van der Waals surface area contributed by atoms with Crippen molar-refractivity contribution in [3.05, 3.63) is 28.6 Å². The Bertz CT molecular complexity index is 427. The minimum atomic E-state index is -0.123. The number of rotatable bonds is 4. The van der Waals surface area contributed by atoms with Gasteiger partial charge in [0.05, 0.1) is 7.11 Å². The maximum absolute atomic E-state index is 14.2. The molecule has 3 heteroatoms. The molecular weight excluding hydrogens is 219 g/mol. The van der Waals surface area contributed by atoms with Gasteiger partial charge in [-0.15, -0.1) is 0 Å². The van der Waals surface area contributed by atoms with E-state index in [-0.39, 0.29) is 5.82 Å². The summed E-state index contributed by atoms with van der Waals surface area (Å²) in [5.74, 6) is 0.657. The van der Waals surface area contributed by atoms with Crippen LogP contribution in [0.1, 0.15) is 36.0 Å². The Morgan fingerprint density at radius 1 is 1.35 bits per heavy atom. The summed E-state index contributed by atoms with van der Waals surface area (Å²) < 4.78 is 19.6. The lowest BCUT2D eigenvalue weighted by molar-refractivity contribution is -0.107. The molecule has 2 rings (SSSR count). The fourth-order valence-corrected chi connectivity index (χ4v) is 2.50. The molecule has 92 valence electrons. The van der Waals surface area contributed by atoms with Crippen LogP contribution in [0, 0.1) is 5.82 Å². The van der Waals surface area contributed by atoms with E-state index in [9.17, 15) is 9.18 Å². The molecule has 1 aromatic carbocycles. The van der Waals surface area contributed by atoms with Gasteiger partial charge in [-0.1, -0.05) is 0 Å². The van der Waals surface area contributed by atoms with Crippen molar-refractivity contribution in [2.45, 2.75) is 38.5 Å². The summed E-state index contributed by atoms with van der Waals surface area (Å²) in [7, 11) is 1.62. The number of methoxy groups -OCH3 is 1. The van der Waals surface area contributed by atoms with Crippen LogP contribution in [-0.4, -0.2) is 13.4 Å². The summed E-state index contributed by atoms with van der Waals surface area (Å²) in [6.07, 6.45) is 5.44. The third-order valence-electron chi connectivity index (χ3n) is 3.37. The van der Waals surface area contributed by atoms with Crippen LogP contribution in [0.2, 0.25) is 0 Å². The Hall–Kier alpha value is -1.38. The second-order valence-corrected chi connectivity index (χ2v) is 4.42. The Balaban J connectivity index is 2.44. The van der Waals surface area contributed by atoms with Gasteiger partial charge >= 0.3 is 0 Å². The molecule has 1 aromatic rings. The minimum absolute atomic E-state index is 0.123. The molecule has 0 N–H and O–H groups in total. The van der Waals surface area contributed by atoms with E-state index < -0.39 is 0 Å².